The fourth-order valence-electron chi connectivity index (χ4n) is 3.55. The van der Waals surface area contributed by atoms with Crippen molar-refractivity contribution in [3.63, 3.8) is 0 Å². The van der Waals surface area contributed by atoms with Crippen LogP contribution >= 0.6 is 11.6 Å². The zero-order valence-corrected chi connectivity index (χ0v) is 12.1. The lowest BCUT2D eigenvalue weighted by Gasteiger charge is -2.35. The minimum Gasteiger partial charge on any atom is -0.207 e. The second kappa shape index (κ2) is 5.11. The summed E-state index contributed by atoms with van der Waals surface area (Å²) in [4.78, 5) is 0. The summed E-state index contributed by atoms with van der Waals surface area (Å²) in [5.74, 6) is -2.29. The van der Waals surface area contributed by atoms with Crippen molar-refractivity contribution >= 4 is 11.6 Å². The van der Waals surface area contributed by atoms with E-state index in [0.29, 0.717) is 6.42 Å². The van der Waals surface area contributed by atoms with Gasteiger partial charge in [0.1, 0.15) is 0 Å². The Morgan fingerprint density at radius 1 is 1.33 bits per heavy atom. The highest BCUT2D eigenvalue weighted by molar-refractivity contribution is 6.21. The van der Waals surface area contributed by atoms with Crippen molar-refractivity contribution in [2.75, 3.05) is 0 Å². The maximum atomic E-state index is 13.4. The van der Waals surface area contributed by atoms with E-state index < -0.39 is 5.92 Å². The highest BCUT2D eigenvalue weighted by Crippen LogP contribution is 2.43. The summed E-state index contributed by atoms with van der Waals surface area (Å²) >= 11 is 6.25. The van der Waals surface area contributed by atoms with Gasteiger partial charge in [-0.05, 0) is 43.4 Å². The maximum absolute atomic E-state index is 13.4. The number of allylic oxidation sites excluding steroid dienone is 2. The summed E-state index contributed by atoms with van der Waals surface area (Å²) in [5, 5.41) is 0.0767. The van der Waals surface area contributed by atoms with E-state index in [1.54, 1.807) is 0 Å². The molecule has 0 saturated heterocycles. The molecule has 2 unspecified atom stereocenters. The van der Waals surface area contributed by atoms with Crippen LogP contribution in [0.25, 0.3) is 0 Å². The van der Waals surface area contributed by atoms with Crippen LogP contribution in [0.5, 0.6) is 0 Å². The first kappa shape index (κ1) is 14.3. The smallest absolute Gasteiger partial charge is 0.207 e. The average Bonchev–Trinajstić information content (AvgIpc) is 2.11. The highest BCUT2D eigenvalue weighted by atomic mass is 35.5. The lowest BCUT2D eigenvalue weighted by molar-refractivity contribution is -0.0524. The van der Waals surface area contributed by atoms with E-state index in [1.165, 1.54) is 5.57 Å². The van der Waals surface area contributed by atoms with Crippen molar-refractivity contribution in [3.8, 4) is 0 Å². The van der Waals surface area contributed by atoms with Gasteiger partial charge < -0.3 is 0 Å². The molecule has 0 aromatic heterocycles. The minimum atomic E-state index is -2.44. The standard InChI is InChI=1S/C15H23ClF2/c1-14(2)8-12(7-13(16)10-14)6-11-4-3-5-15(17,18)9-11/h7,11,13H,3-6,8-10H2,1-2H3. The quantitative estimate of drug-likeness (QED) is 0.458. The van der Waals surface area contributed by atoms with Crippen LogP contribution in [0.4, 0.5) is 8.78 Å². The summed E-state index contributed by atoms with van der Waals surface area (Å²) < 4.78 is 26.8. The lowest BCUT2D eigenvalue weighted by Crippen LogP contribution is -2.28. The largest absolute Gasteiger partial charge is 0.248 e. The van der Waals surface area contributed by atoms with Crippen LogP contribution in [0, 0.1) is 11.3 Å². The van der Waals surface area contributed by atoms with Crippen molar-refractivity contribution < 1.29 is 8.78 Å². The Morgan fingerprint density at radius 3 is 2.67 bits per heavy atom. The van der Waals surface area contributed by atoms with Crippen molar-refractivity contribution in [2.24, 2.45) is 11.3 Å². The lowest BCUT2D eigenvalue weighted by atomic mass is 9.73. The summed E-state index contributed by atoms with van der Waals surface area (Å²) in [7, 11) is 0. The van der Waals surface area contributed by atoms with E-state index in [2.05, 4.69) is 19.9 Å². The molecule has 1 saturated carbocycles. The number of hydrogen-bond acceptors (Lipinski definition) is 0. The van der Waals surface area contributed by atoms with Crippen LogP contribution < -0.4 is 0 Å². The van der Waals surface area contributed by atoms with Gasteiger partial charge in [0.15, 0.2) is 0 Å². The molecule has 0 spiro atoms. The maximum Gasteiger partial charge on any atom is 0.248 e. The predicted octanol–water partition coefficient (Wildman–Crippen LogP) is 5.56. The third-order valence-electron chi connectivity index (χ3n) is 4.16. The second-order valence-corrected chi connectivity index (χ2v) is 7.47. The van der Waals surface area contributed by atoms with Crippen LogP contribution in [0.1, 0.15) is 58.8 Å². The topological polar surface area (TPSA) is 0 Å². The van der Waals surface area contributed by atoms with Gasteiger partial charge in [0.25, 0.3) is 0 Å². The van der Waals surface area contributed by atoms with Gasteiger partial charge in [-0.15, -0.1) is 11.6 Å². The zero-order chi connectivity index (χ0) is 13.4. The van der Waals surface area contributed by atoms with Crippen LogP contribution in [-0.4, -0.2) is 11.3 Å². The second-order valence-electron chi connectivity index (χ2n) is 6.91. The predicted molar refractivity (Wildman–Crippen MR) is 72.3 cm³/mol. The SMILES string of the molecule is CC1(C)CC(CC2CCCC(F)(F)C2)=CC(Cl)C1. The van der Waals surface area contributed by atoms with Crippen molar-refractivity contribution in [1.29, 1.82) is 0 Å². The van der Waals surface area contributed by atoms with Crippen LogP contribution in [0.15, 0.2) is 11.6 Å². The molecule has 2 aliphatic carbocycles. The summed E-state index contributed by atoms with van der Waals surface area (Å²) in [6.07, 6.45) is 6.68. The van der Waals surface area contributed by atoms with Crippen LogP contribution in [-0.2, 0) is 0 Å². The first-order chi connectivity index (χ1) is 8.26. The number of halogens is 3. The molecule has 0 radical (unpaired) electrons. The molecule has 2 atom stereocenters. The van der Waals surface area contributed by atoms with Gasteiger partial charge in [-0.2, -0.15) is 0 Å². The summed E-state index contributed by atoms with van der Waals surface area (Å²) in [5.41, 5.74) is 1.52. The first-order valence-corrected chi connectivity index (χ1v) is 7.41. The average molecular weight is 277 g/mol. The molecule has 3 heteroatoms. The molecule has 0 heterocycles. The molecule has 0 bridgehead atoms. The number of rotatable bonds is 2. The monoisotopic (exact) mass is 276 g/mol. The Hall–Kier alpha value is -0.110. The van der Waals surface area contributed by atoms with Crippen molar-refractivity contribution in [3.05, 3.63) is 11.6 Å². The molecule has 2 rings (SSSR count). The summed E-state index contributed by atoms with van der Waals surface area (Å²) in [6.45, 7) is 4.43. The molecule has 2 aliphatic rings. The van der Waals surface area contributed by atoms with E-state index in [1.807, 2.05) is 0 Å². The fourth-order valence-corrected chi connectivity index (χ4v) is 4.15. The molecule has 0 aromatic rings. The van der Waals surface area contributed by atoms with Crippen molar-refractivity contribution in [2.45, 2.75) is 70.1 Å². The van der Waals surface area contributed by atoms with Gasteiger partial charge in [0.05, 0.1) is 5.38 Å². The number of alkyl halides is 3. The van der Waals surface area contributed by atoms with Gasteiger partial charge in [-0.1, -0.05) is 25.5 Å². The Labute approximate surface area is 114 Å². The Morgan fingerprint density at radius 2 is 2.06 bits per heavy atom. The Kier molecular flexibility index (Phi) is 4.06. The van der Waals surface area contributed by atoms with E-state index in [4.69, 9.17) is 11.6 Å². The minimum absolute atomic E-state index is 0.0672. The van der Waals surface area contributed by atoms with E-state index >= 15 is 0 Å². The molecule has 0 aliphatic heterocycles. The Bertz CT molecular complexity index is 333. The van der Waals surface area contributed by atoms with Crippen LogP contribution in [0.3, 0.4) is 0 Å². The first-order valence-electron chi connectivity index (χ1n) is 6.97. The molecular formula is C15H23ClF2. The fraction of sp³-hybridized carbons (Fsp3) is 0.867. The molecule has 0 N–H and O–H groups in total. The van der Waals surface area contributed by atoms with Gasteiger partial charge in [-0.3, -0.25) is 0 Å². The molecule has 0 amide bonds. The molecule has 104 valence electrons. The third kappa shape index (κ3) is 3.94. The van der Waals surface area contributed by atoms with E-state index in [9.17, 15) is 8.78 Å². The molecule has 1 fully saturated rings. The van der Waals surface area contributed by atoms with E-state index in [-0.39, 0.29) is 29.6 Å². The van der Waals surface area contributed by atoms with Gasteiger partial charge in [0, 0.05) is 12.8 Å². The highest BCUT2D eigenvalue weighted by Gasteiger charge is 2.37. The zero-order valence-electron chi connectivity index (χ0n) is 11.3. The normalized spacial score (nSPS) is 35.1. The Balaban J connectivity index is 1.97. The summed E-state index contributed by atoms with van der Waals surface area (Å²) in [6, 6.07) is 0. The van der Waals surface area contributed by atoms with Crippen molar-refractivity contribution in [1.82, 2.24) is 0 Å². The molecule has 18 heavy (non-hydrogen) atoms. The van der Waals surface area contributed by atoms with Gasteiger partial charge in [-0.25, -0.2) is 8.78 Å². The third-order valence-corrected chi connectivity index (χ3v) is 4.44. The van der Waals surface area contributed by atoms with E-state index in [0.717, 1.165) is 25.7 Å². The number of hydrogen-bond donors (Lipinski definition) is 0. The van der Waals surface area contributed by atoms with Gasteiger partial charge >= 0.3 is 0 Å². The molecular weight excluding hydrogens is 254 g/mol. The van der Waals surface area contributed by atoms with Gasteiger partial charge in [0.2, 0.25) is 5.92 Å². The van der Waals surface area contributed by atoms with Crippen LogP contribution in [0.2, 0.25) is 0 Å². The molecule has 0 aromatic carbocycles. The molecule has 0 nitrogen and oxygen atoms in total.